The first-order valence-electron chi connectivity index (χ1n) is 6.31. The van der Waals surface area contributed by atoms with E-state index in [1.807, 2.05) is 18.2 Å². The maximum Gasteiger partial charge on any atom is 0.146 e. The molecule has 2 nitrogen and oxygen atoms in total. The molecular formula is C15H16ClFN2. The van der Waals surface area contributed by atoms with Gasteiger partial charge in [0.1, 0.15) is 5.82 Å². The lowest BCUT2D eigenvalue weighted by atomic mass is 10.0. The Morgan fingerprint density at radius 1 is 1.32 bits per heavy atom. The molecule has 0 aliphatic heterocycles. The predicted octanol–water partition coefficient (Wildman–Crippen LogP) is 3.96. The lowest BCUT2D eigenvalue weighted by Gasteiger charge is -2.19. The molecule has 1 heterocycles. The van der Waals surface area contributed by atoms with Crippen molar-refractivity contribution < 1.29 is 4.39 Å². The van der Waals surface area contributed by atoms with Crippen molar-refractivity contribution >= 4 is 11.6 Å². The van der Waals surface area contributed by atoms with E-state index >= 15 is 0 Å². The highest BCUT2D eigenvalue weighted by molar-refractivity contribution is 6.30. The summed E-state index contributed by atoms with van der Waals surface area (Å²) in [4.78, 5) is 4.16. The molecule has 1 aromatic heterocycles. The van der Waals surface area contributed by atoms with E-state index in [1.165, 1.54) is 6.07 Å². The number of nitrogens with zero attached hydrogens (tertiary/aromatic N) is 1. The second-order valence-electron chi connectivity index (χ2n) is 4.31. The highest BCUT2D eigenvalue weighted by Gasteiger charge is 2.18. The van der Waals surface area contributed by atoms with Gasteiger partial charge < -0.3 is 5.32 Å². The van der Waals surface area contributed by atoms with Crippen LogP contribution in [0.2, 0.25) is 5.02 Å². The molecule has 2 rings (SSSR count). The third kappa shape index (κ3) is 3.52. The molecule has 0 radical (unpaired) electrons. The Hall–Kier alpha value is -1.45. The Balaban J connectivity index is 2.38. The second-order valence-corrected chi connectivity index (χ2v) is 4.75. The molecule has 0 saturated carbocycles. The zero-order valence-corrected chi connectivity index (χ0v) is 11.5. The third-order valence-corrected chi connectivity index (χ3v) is 3.08. The number of hydrogen-bond acceptors (Lipinski definition) is 2. The number of hydrogen-bond donors (Lipinski definition) is 1. The van der Waals surface area contributed by atoms with Gasteiger partial charge in [-0.3, -0.25) is 4.98 Å². The summed E-state index contributed by atoms with van der Waals surface area (Å²) >= 11 is 6.01. The van der Waals surface area contributed by atoms with Gasteiger partial charge in [-0.15, -0.1) is 0 Å². The highest BCUT2D eigenvalue weighted by atomic mass is 35.5. The number of pyridine rings is 1. The van der Waals surface area contributed by atoms with Crippen LogP contribution in [-0.4, -0.2) is 11.5 Å². The van der Waals surface area contributed by atoms with E-state index in [1.54, 1.807) is 18.3 Å². The number of aromatic nitrogens is 1. The van der Waals surface area contributed by atoms with Crippen molar-refractivity contribution in [3.8, 4) is 0 Å². The molecule has 1 atom stereocenters. The van der Waals surface area contributed by atoms with Gasteiger partial charge in [-0.05, 0) is 42.8 Å². The summed E-state index contributed by atoms with van der Waals surface area (Å²) < 4.78 is 13.9. The lowest BCUT2D eigenvalue weighted by Crippen LogP contribution is -2.25. The minimum Gasteiger partial charge on any atom is -0.305 e. The zero-order valence-electron chi connectivity index (χ0n) is 10.7. The number of halogens is 2. The predicted molar refractivity (Wildman–Crippen MR) is 75.8 cm³/mol. The number of benzene rings is 1. The fourth-order valence-corrected chi connectivity index (χ4v) is 2.16. The summed E-state index contributed by atoms with van der Waals surface area (Å²) in [7, 11) is 0. The minimum atomic E-state index is -0.309. The Kier molecular flexibility index (Phi) is 4.88. The largest absolute Gasteiger partial charge is 0.305 e. The van der Waals surface area contributed by atoms with E-state index in [2.05, 4.69) is 17.2 Å². The fraction of sp³-hybridized carbons (Fsp3) is 0.267. The van der Waals surface area contributed by atoms with E-state index in [0.29, 0.717) is 10.7 Å². The molecule has 0 spiro atoms. The molecule has 0 aliphatic rings. The van der Waals surface area contributed by atoms with E-state index in [0.717, 1.165) is 18.5 Å². The van der Waals surface area contributed by atoms with E-state index in [-0.39, 0.29) is 11.9 Å². The van der Waals surface area contributed by atoms with Crippen molar-refractivity contribution in [2.45, 2.75) is 19.4 Å². The number of rotatable bonds is 5. The summed E-state index contributed by atoms with van der Waals surface area (Å²) in [5.74, 6) is -0.309. The number of nitrogens with one attached hydrogen (secondary N) is 1. The van der Waals surface area contributed by atoms with Crippen molar-refractivity contribution in [3.05, 3.63) is 64.7 Å². The van der Waals surface area contributed by atoms with Gasteiger partial charge in [0.15, 0.2) is 0 Å². The molecule has 0 aliphatic carbocycles. The highest BCUT2D eigenvalue weighted by Crippen LogP contribution is 2.24. The van der Waals surface area contributed by atoms with Crippen LogP contribution in [0.5, 0.6) is 0 Å². The van der Waals surface area contributed by atoms with Gasteiger partial charge >= 0.3 is 0 Å². The summed E-state index contributed by atoms with van der Waals surface area (Å²) in [6.07, 6.45) is 2.56. The van der Waals surface area contributed by atoms with Gasteiger partial charge in [-0.1, -0.05) is 30.7 Å². The second kappa shape index (κ2) is 6.64. The Labute approximate surface area is 117 Å². The molecule has 0 saturated heterocycles. The van der Waals surface area contributed by atoms with Gasteiger partial charge in [-0.2, -0.15) is 0 Å². The summed E-state index contributed by atoms with van der Waals surface area (Å²) in [6.45, 7) is 2.85. The fourth-order valence-electron chi connectivity index (χ4n) is 1.96. The first-order valence-corrected chi connectivity index (χ1v) is 6.69. The molecule has 19 heavy (non-hydrogen) atoms. The van der Waals surface area contributed by atoms with E-state index in [4.69, 9.17) is 11.6 Å². The molecule has 1 aromatic carbocycles. The summed E-state index contributed by atoms with van der Waals surface area (Å²) in [6, 6.07) is 10.2. The van der Waals surface area contributed by atoms with Crippen molar-refractivity contribution in [1.29, 1.82) is 0 Å². The summed E-state index contributed by atoms with van der Waals surface area (Å²) in [5.41, 5.74) is 1.32. The van der Waals surface area contributed by atoms with Crippen LogP contribution < -0.4 is 5.32 Å². The summed E-state index contributed by atoms with van der Waals surface area (Å²) in [5, 5.41) is 3.95. The smallest absolute Gasteiger partial charge is 0.146 e. The SMILES string of the molecule is CCCNC(c1cccc(Cl)c1)c1ncccc1F. The van der Waals surface area contributed by atoms with Crippen LogP contribution in [0.25, 0.3) is 0 Å². The maximum absolute atomic E-state index is 13.9. The minimum absolute atomic E-state index is 0.278. The van der Waals surface area contributed by atoms with Crippen LogP contribution in [0.1, 0.15) is 30.6 Å². The van der Waals surface area contributed by atoms with Crippen molar-refractivity contribution in [1.82, 2.24) is 10.3 Å². The quantitative estimate of drug-likeness (QED) is 0.895. The Bertz CT molecular complexity index is 545. The first-order chi connectivity index (χ1) is 9.22. The molecule has 4 heteroatoms. The molecule has 0 fully saturated rings. The zero-order chi connectivity index (χ0) is 13.7. The first kappa shape index (κ1) is 14.0. The Morgan fingerprint density at radius 2 is 2.16 bits per heavy atom. The molecule has 2 aromatic rings. The molecule has 100 valence electrons. The van der Waals surface area contributed by atoms with E-state index < -0.39 is 0 Å². The van der Waals surface area contributed by atoms with Gasteiger partial charge in [0.05, 0.1) is 11.7 Å². The average molecular weight is 279 g/mol. The van der Waals surface area contributed by atoms with Crippen molar-refractivity contribution in [2.75, 3.05) is 6.54 Å². The maximum atomic E-state index is 13.9. The van der Waals surface area contributed by atoms with Crippen molar-refractivity contribution in [3.63, 3.8) is 0 Å². The van der Waals surface area contributed by atoms with Crippen LogP contribution in [-0.2, 0) is 0 Å². The Morgan fingerprint density at radius 3 is 2.84 bits per heavy atom. The van der Waals surface area contributed by atoms with Crippen LogP contribution in [0.3, 0.4) is 0 Å². The average Bonchev–Trinajstić information content (AvgIpc) is 2.41. The molecule has 1 unspecified atom stereocenters. The van der Waals surface area contributed by atoms with E-state index in [9.17, 15) is 4.39 Å². The van der Waals surface area contributed by atoms with Crippen molar-refractivity contribution in [2.24, 2.45) is 0 Å². The van der Waals surface area contributed by atoms with Crippen LogP contribution in [0.15, 0.2) is 42.6 Å². The third-order valence-electron chi connectivity index (χ3n) is 2.84. The topological polar surface area (TPSA) is 24.9 Å². The molecular weight excluding hydrogens is 263 g/mol. The van der Waals surface area contributed by atoms with Gasteiger partial charge in [-0.25, -0.2) is 4.39 Å². The molecule has 0 bridgehead atoms. The van der Waals surface area contributed by atoms with Gasteiger partial charge in [0.2, 0.25) is 0 Å². The molecule has 0 amide bonds. The molecule has 1 N–H and O–H groups in total. The normalized spacial score (nSPS) is 12.4. The van der Waals surface area contributed by atoms with Gasteiger partial charge in [0, 0.05) is 11.2 Å². The van der Waals surface area contributed by atoms with Gasteiger partial charge in [0.25, 0.3) is 0 Å². The van der Waals surface area contributed by atoms with Crippen LogP contribution in [0.4, 0.5) is 4.39 Å². The van der Waals surface area contributed by atoms with Crippen LogP contribution in [0, 0.1) is 5.82 Å². The van der Waals surface area contributed by atoms with Crippen LogP contribution >= 0.6 is 11.6 Å². The lowest BCUT2D eigenvalue weighted by molar-refractivity contribution is 0.531. The standard InChI is InChI=1S/C15H16ClFN2/c1-2-8-18-14(11-5-3-6-12(16)10-11)15-13(17)7-4-9-19-15/h3-7,9-10,14,18H,2,8H2,1H3. The monoisotopic (exact) mass is 278 g/mol.